The van der Waals surface area contributed by atoms with Gasteiger partial charge in [-0.1, -0.05) is 140 Å². The molecule has 0 aliphatic carbocycles. The van der Waals surface area contributed by atoms with Crippen molar-refractivity contribution < 1.29 is 4.42 Å². The molecule has 5 heteroatoms. The fourth-order valence-corrected chi connectivity index (χ4v) is 10.8. The second-order valence-electron chi connectivity index (χ2n) is 17.2. The van der Waals surface area contributed by atoms with Crippen LogP contribution in [0.25, 0.3) is 127 Å². The van der Waals surface area contributed by atoms with E-state index < -0.39 is 0 Å². The number of hydrogen-bond acceptors (Lipinski definition) is 2. The lowest BCUT2D eigenvalue weighted by atomic mass is 9.93. The number of rotatable bonds is 5. The van der Waals surface area contributed by atoms with Crippen LogP contribution in [0.15, 0.2) is 223 Å². The molecule has 0 aliphatic heterocycles. The van der Waals surface area contributed by atoms with Gasteiger partial charge in [-0.15, -0.1) is 0 Å². The fourth-order valence-electron chi connectivity index (χ4n) is 10.8. The van der Waals surface area contributed by atoms with Crippen molar-refractivity contribution in [2.45, 2.75) is 0 Å². The van der Waals surface area contributed by atoms with E-state index in [2.05, 4.69) is 214 Å². The quantitative estimate of drug-likeness (QED) is 0.173. The van der Waals surface area contributed by atoms with Crippen molar-refractivity contribution in [1.82, 2.24) is 13.7 Å². The first-order chi connectivity index (χ1) is 32.7. The molecular weight excluding hydrogens is 805 g/mol. The zero-order valence-corrected chi connectivity index (χ0v) is 35.5. The average Bonchev–Trinajstić information content (AvgIpc) is 4.12. The standard InChI is InChI=1S/C61H36N4O/c62-37-40-28-27-39(38-15-3-1-4-16-38)33-49(40)45-30-29-42(34-56(45)65-53-24-12-8-20-44(53)50-35-51-46-21-10-14-26-58(46)66-59(51)36-57(50)65)63-54-25-13-9-22-48(54)60-55(63)32-31-47-43-19-7-11-23-52(43)64(61(47)60)41-17-5-2-6-18-41/h1-36H. The predicted molar refractivity (Wildman–Crippen MR) is 272 cm³/mol. The summed E-state index contributed by atoms with van der Waals surface area (Å²) in [5, 5.41) is 20.1. The van der Waals surface area contributed by atoms with Crippen LogP contribution >= 0.6 is 0 Å². The van der Waals surface area contributed by atoms with Crippen LogP contribution in [0.4, 0.5) is 0 Å². The molecule has 0 atom stereocenters. The van der Waals surface area contributed by atoms with Crippen LogP contribution < -0.4 is 0 Å². The lowest BCUT2D eigenvalue weighted by Gasteiger charge is -2.19. The van der Waals surface area contributed by atoms with Gasteiger partial charge in [-0.25, -0.2) is 0 Å². The Morgan fingerprint density at radius 2 is 1.00 bits per heavy atom. The third-order valence-electron chi connectivity index (χ3n) is 13.7. The molecule has 306 valence electrons. The number of nitrogens with zero attached hydrogens (tertiary/aromatic N) is 4. The Kier molecular flexibility index (Phi) is 7.69. The molecule has 0 saturated carbocycles. The number of nitriles is 1. The van der Waals surface area contributed by atoms with Crippen molar-refractivity contribution in [1.29, 1.82) is 5.26 Å². The van der Waals surface area contributed by atoms with Crippen molar-refractivity contribution in [2.24, 2.45) is 0 Å². The highest BCUT2D eigenvalue weighted by Gasteiger charge is 2.24. The summed E-state index contributed by atoms with van der Waals surface area (Å²) >= 11 is 0. The maximum Gasteiger partial charge on any atom is 0.137 e. The fraction of sp³-hybridized carbons (Fsp3) is 0. The van der Waals surface area contributed by atoms with Gasteiger partial charge in [0.1, 0.15) is 11.2 Å². The van der Waals surface area contributed by atoms with Crippen LogP contribution in [-0.2, 0) is 0 Å². The minimum Gasteiger partial charge on any atom is -0.456 e. The van der Waals surface area contributed by atoms with E-state index in [-0.39, 0.29) is 0 Å². The summed E-state index contributed by atoms with van der Waals surface area (Å²) in [7, 11) is 0. The Balaban J connectivity index is 1.11. The number of hydrogen-bond donors (Lipinski definition) is 0. The smallest absolute Gasteiger partial charge is 0.137 e. The van der Waals surface area contributed by atoms with E-state index in [9.17, 15) is 5.26 Å². The van der Waals surface area contributed by atoms with Gasteiger partial charge in [-0.2, -0.15) is 5.26 Å². The Morgan fingerprint density at radius 1 is 0.348 bits per heavy atom. The number of aromatic nitrogens is 3. The van der Waals surface area contributed by atoms with E-state index in [1.54, 1.807) is 0 Å². The highest BCUT2D eigenvalue weighted by Crippen LogP contribution is 2.45. The lowest BCUT2D eigenvalue weighted by Crippen LogP contribution is -2.02. The van der Waals surface area contributed by atoms with Crippen molar-refractivity contribution in [3.05, 3.63) is 224 Å². The molecule has 5 nitrogen and oxygen atoms in total. The van der Waals surface area contributed by atoms with Gasteiger partial charge in [0.15, 0.2) is 0 Å². The van der Waals surface area contributed by atoms with Crippen LogP contribution in [0.2, 0.25) is 0 Å². The van der Waals surface area contributed by atoms with E-state index in [1.165, 1.54) is 32.6 Å². The van der Waals surface area contributed by atoms with Crippen LogP contribution in [-0.4, -0.2) is 13.7 Å². The summed E-state index contributed by atoms with van der Waals surface area (Å²) in [6.45, 7) is 0. The third-order valence-corrected chi connectivity index (χ3v) is 13.7. The maximum absolute atomic E-state index is 10.8. The van der Waals surface area contributed by atoms with E-state index >= 15 is 0 Å². The molecular formula is C61H36N4O. The number of para-hydroxylation sites is 5. The Labute approximate surface area is 378 Å². The molecule has 0 unspecified atom stereocenters. The molecule has 10 aromatic carbocycles. The van der Waals surface area contributed by atoms with Gasteiger partial charge < -0.3 is 18.1 Å². The maximum atomic E-state index is 10.8. The Morgan fingerprint density at radius 3 is 1.77 bits per heavy atom. The number of furan rings is 1. The zero-order valence-electron chi connectivity index (χ0n) is 35.5. The molecule has 14 rings (SSSR count). The molecule has 0 aliphatic rings. The van der Waals surface area contributed by atoms with Crippen LogP contribution in [0.1, 0.15) is 5.56 Å². The van der Waals surface area contributed by atoms with Crippen molar-refractivity contribution in [2.75, 3.05) is 0 Å². The van der Waals surface area contributed by atoms with Crippen molar-refractivity contribution in [3.63, 3.8) is 0 Å². The highest BCUT2D eigenvalue weighted by molar-refractivity contribution is 6.26. The first-order valence-electron chi connectivity index (χ1n) is 22.3. The summed E-state index contributed by atoms with van der Waals surface area (Å²) in [4.78, 5) is 0. The number of fused-ring (bicyclic) bond motifs is 13. The van der Waals surface area contributed by atoms with Gasteiger partial charge in [-0.05, 0) is 83.9 Å². The molecule has 4 heterocycles. The van der Waals surface area contributed by atoms with Crippen molar-refractivity contribution in [3.8, 4) is 45.4 Å². The first-order valence-corrected chi connectivity index (χ1v) is 22.3. The summed E-state index contributed by atoms with van der Waals surface area (Å²) in [5.74, 6) is 0. The molecule has 0 saturated heterocycles. The minimum atomic E-state index is 0.608. The van der Waals surface area contributed by atoms with E-state index in [0.717, 1.165) is 94.1 Å². The molecule has 0 radical (unpaired) electrons. The first kappa shape index (κ1) is 36.4. The second-order valence-corrected chi connectivity index (χ2v) is 17.2. The van der Waals surface area contributed by atoms with Gasteiger partial charge in [-0.3, -0.25) is 0 Å². The molecule has 4 aromatic heterocycles. The van der Waals surface area contributed by atoms with Crippen LogP contribution in [0.3, 0.4) is 0 Å². The molecule has 0 amide bonds. The molecule has 0 spiro atoms. The molecule has 14 aromatic rings. The van der Waals surface area contributed by atoms with E-state index in [0.29, 0.717) is 5.56 Å². The largest absolute Gasteiger partial charge is 0.456 e. The monoisotopic (exact) mass is 840 g/mol. The second kappa shape index (κ2) is 13.9. The van der Waals surface area contributed by atoms with Gasteiger partial charge in [0.2, 0.25) is 0 Å². The minimum absolute atomic E-state index is 0.608. The molecule has 0 N–H and O–H groups in total. The Hall–Kier alpha value is -9.11. The normalized spacial score (nSPS) is 11.9. The average molecular weight is 841 g/mol. The van der Waals surface area contributed by atoms with Gasteiger partial charge in [0.25, 0.3) is 0 Å². The SMILES string of the molecule is N#Cc1ccc(-c2ccccc2)cc1-c1ccc(-n2c3ccccc3c3c2ccc2c4ccccc4n(-c4ccccc4)c23)cc1-n1c2ccccc2c2cc3c(cc21)oc1ccccc13. The van der Waals surface area contributed by atoms with E-state index in [1.807, 2.05) is 24.3 Å². The topological polar surface area (TPSA) is 51.7 Å². The summed E-state index contributed by atoms with van der Waals surface area (Å²) in [5.41, 5.74) is 16.0. The highest BCUT2D eigenvalue weighted by atomic mass is 16.3. The third kappa shape index (κ3) is 5.15. The van der Waals surface area contributed by atoms with Gasteiger partial charge in [0, 0.05) is 71.7 Å². The zero-order chi connectivity index (χ0) is 43.5. The van der Waals surface area contributed by atoms with Crippen molar-refractivity contribution >= 4 is 87.4 Å². The molecule has 0 fully saturated rings. The molecule has 66 heavy (non-hydrogen) atoms. The van der Waals surface area contributed by atoms with E-state index in [4.69, 9.17) is 4.42 Å². The van der Waals surface area contributed by atoms with Crippen LogP contribution in [0, 0.1) is 11.3 Å². The number of benzene rings is 10. The Bertz CT molecular complexity index is 4350. The summed E-state index contributed by atoms with van der Waals surface area (Å²) < 4.78 is 13.8. The summed E-state index contributed by atoms with van der Waals surface area (Å²) in [6.07, 6.45) is 0. The summed E-state index contributed by atoms with van der Waals surface area (Å²) in [6, 6.07) is 80.1. The van der Waals surface area contributed by atoms with Gasteiger partial charge >= 0.3 is 0 Å². The van der Waals surface area contributed by atoms with Gasteiger partial charge in [0.05, 0.1) is 50.4 Å². The van der Waals surface area contributed by atoms with Crippen LogP contribution in [0.5, 0.6) is 0 Å². The lowest BCUT2D eigenvalue weighted by molar-refractivity contribution is 0.669. The predicted octanol–water partition coefficient (Wildman–Crippen LogP) is 16.1. The molecule has 0 bridgehead atoms.